The quantitative estimate of drug-likeness (QED) is 0.845. The third-order valence-electron chi connectivity index (χ3n) is 4.24. The average molecular weight is 341 g/mol. The Labute approximate surface area is 148 Å². The maximum absolute atomic E-state index is 12.5. The minimum absolute atomic E-state index is 0.0278. The van der Waals surface area contributed by atoms with Crippen LogP contribution in [0.1, 0.15) is 15.9 Å². The van der Waals surface area contributed by atoms with Crippen LogP contribution in [-0.4, -0.2) is 48.4 Å². The molecule has 2 aromatic rings. The van der Waals surface area contributed by atoms with Gasteiger partial charge in [-0.1, -0.05) is 66.2 Å². The van der Waals surface area contributed by atoms with Crippen molar-refractivity contribution < 1.29 is 4.79 Å². The molecule has 4 heteroatoms. The topological polar surface area (TPSA) is 23.6 Å². The first-order chi connectivity index (χ1) is 11.7. The van der Waals surface area contributed by atoms with Gasteiger partial charge in [-0.25, -0.2) is 0 Å². The second-order valence-corrected chi connectivity index (χ2v) is 6.29. The highest BCUT2D eigenvalue weighted by Gasteiger charge is 2.22. The number of hydrogen-bond acceptors (Lipinski definition) is 2. The van der Waals surface area contributed by atoms with Crippen LogP contribution in [0.2, 0.25) is 5.02 Å². The molecule has 0 unspecified atom stereocenters. The summed E-state index contributed by atoms with van der Waals surface area (Å²) < 4.78 is 0. The lowest BCUT2D eigenvalue weighted by atomic mass is 10.1. The molecule has 1 aliphatic rings. The second-order valence-electron chi connectivity index (χ2n) is 5.89. The largest absolute Gasteiger partial charge is 0.336 e. The SMILES string of the molecule is O=C(c1ccccc1Cl)N1CCN(C/C=C/c2ccccc2)CC1. The van der Waals surface area contributed by atoms with Gasteiger partial charge < -0.3 is 4.90 Å². The lowest BCUT2D eigenvalue weighted by molar-refractivity contribution is 0.0650. The maximum atomic E-state index is 12.5. The highest BCUT2D eigenvalue weighted by atomic mass is 35.5. The lowest BCUT2D eigenvalue weighted by Gasteiger charge is -2.34. The third-order valence-corrected chi connectivity index (χ3v) is 4.57. The zero-order valence-corrected chi connectivity index (χ0v) is 14.3. The molecule has 0 aromatic heterocycles. The molecular formula is C20H21ClN2O. The van der Waals surface area contributed by atoms with Crippen molar-refractivity contribution >= 4 is 23.6 Å². The van der Waals surface area contributed by atoms with Crippen molar-refractivity contribution in [1.82, 2.24) is 9.80 Å². The summed E-state index contributed by atoms with van der Waals surface area (Å²) in [5, 5.41) is 0.524. The van der Waals surface area contributed by atoms with E-state index in [0.717, 1.165) is 32.7 Å². The number of carbonyl (C=O) groups excluding carboxylic acids is 1. The molecule has 2 aromatic carbocycles. The molecule has 0 radical (unpaired) electrons. The minimum Gasteiger partial charge on any atom is -0.336 e. The number of hydrogen-bond donors (Lipinski definition) is 0. The van der Waals surface area contributed by atoms with Crippen LogP contribution in [0.25, 0.3) is 6.08 Å². The van der Waals surface area contributed by atoms with Gasteiger partial charge in [-0.3, -0.25) is 9.69 Å². The van der Waals surface area contributed by atoms with E-state index < -0.39 is 0 Å². The summed E-state index contributed by atoms with van der Waals surface area (Å²) >= 11 is 6.13. The summed E-state index contributed by atoms with van der Waals surface area (Å²) in [5.41, 5.74) is 1.81. The van der Waals surface area contributed by atoms with Gasteiger partial charge in [0, 0.05) is 32.7 Å². The Bertz CT molecular complexity index is 707. The number of carbonyl (C=O) groups is 1. The molecule has 1 amide bonds. The van der Waals surface area contributed by atoms with Crippen molar-refractivity contribution in [2.45, 2.75) is 0 Å². The fraction of sp³-hybridized carbons (Fsp3) is 0.250. The van der Waals surface area contributed by atoms with Crippen molar-refractivity contribution in [1.29, 1.82) is 0 Å². The lowest BCUT2D eigenvalue weighted by Crippen LogP contribution is -2.48. The number of piperazine rings is 1. The Morgan fingerprint density at radius 3 is 2.33 bits per heavy atom. The summed E-state index contributed by atoms with van der Waals surface area (Å²) in [5.74, 6) is 0.0278. The van der Waals surface area contributed by atoms with Crippen molar-refractivity contribution in [3.63, 3.8) is 0 Å². The Morgan fingerprint density at radius 1 is 0.958 bits per heavy atom. The monoisotopic (exact) mass is 340 g/mol. The van der Waals surface area contributed by atoms with Crippen molar-refractivity contribution in [2.24, 2.45) is 0 Å². The van der Waals surface area contributed by atoms with Crippen LogP contribution in [0, 0.1) is 0 Å². The molecule has 0 bridgehead atoms. The van der Waals surface area contributed by atoms with Crippen molar-refractivity contribution in [2.75, 3.05) is 32.7 Å². The first-order valence-electron chi connectivity index (χ1n) is 8.22. The van der Waals surface area contributed by atoms with E-state index in [4.69, 9.17) is 11.6 Å². The van der Waals surface area contributed by atoms with Crippen LogP contribution in [0.4, 0.5) is 0 Å². The zero-order chi connectivity index (χ0) is 16.8. The predicted molar refractivity (Wildman–Crippen MR) is 99.3 cm³/mol. The smallest absolute Gasteiger partial charge is 0.255 e. The van der Waals surface area contributed by atoms with Gasteiger partial charge in [0.15, 0.2) is 0 Å². The zero-order valence-electron chi connectivity index (χ0n) is 13.6. The third kappa shape index (κ3) is 4.25. The van der Waals surface area contributed by atoms with E-state index in [1.54, 1.807) is 12.1 Å². The van der Waals surface area contributed by atoms with Crippen LogP contribution in [0.3, 0.4) is 0 Å². The molecular weight excluding hydrogens is 320 g/mol. The maximum Gasteiger partial charge on any atom is 0.255 e. The van der Waals surface area contributed by atoms with Gasteiger partial charge in [0.05, 0.1) is 10.6 Å². The summed E-state index contributed by atoms with van der Waals surface area (Å²) in [6.45, 7) is 4.15. The summed E-state index contributed by atoms with van der Waals surface area (Å²) in [7, 11) is 0. The summed E-state index contributed by atoms with van der Waals surface area (Å²) in [6.07, 6.45) is 4.32. The predicted octanol–water partition coefficient (Wildman–Crippen LogP) is 3.81. The van der Waals surface area contributed by atoms with E-state index in [-0.39, 0.29) is 5.91 Å². The molecule has 0 N–H and O–H groups in total. The molecule has 1 saturated heterocycles. The van der Waals surface area contributed by atoms with Gasteiger partial charge in [-0.05, 0) is 17.7 Å². The fourth-order valence-electron chi connectivity index (χ4n) is 2.84. The molecule has 124 valence electrons. The van der Waals surface area contributed by atoms with Gasteiger partial charge in [0.2, 0.25) is 0 Å². The van der Waals surface area contributed by atoms with Crippen LogP contribution in [0.15, 0.2) is 60.7 Å². The molecule has 24 heavy (non-hydrogen) atoms. The molecule has 1 aliphatic heterocycles. The van der Waals surface area contributed by atoms with Gasteiger partial charge in [-0.15, -0.1) is 0 Å². The van der Waals surface area contributed by atoms with E-state index in [9.17, 15) is 4.79 Å². The Hall–Kier alpha value is -2.10. The van der Waals surface area contributed by atoms with E-state index in [0.29, 0.717) is 10.6 Å². The number of amides is 1. The number of halogens is 1. The van der Waals surface area contributed by atoms with Crippen molar-refractivity contribution in [3.8, 4) is 0 Å². The Balaban J connectivity index is 1.50. The fourth-order valence-corrected chi connectivity index (χ4v) is 3.06. The number of nitrogens with zero attached hydrogens (tertiary/aromatic N) is 2. The van der Waals surface area contributed by atoms with Crippen LogP contribution < -0.4 is 0 Å². The standard InChI is InChI=1S/C20H21ClN2O/c21-19-11-5-4-10-18(19)20(24)23-15-13-22(14-16-23)12-6-9-17-7-2-1-3-8-17/h1-11H,12-16H2/b9-6+. The molecule has 0 atom stereocenters. The first kappa shape index (κ1) is 16.7. The van der Waals surface area contributed by atoms with Crippen molar-refractivity contribution in [3.05, 3.63) is 76.8 Å². The molecule has 3 nitrogen and oxygen atoms in total. The summed E-state index contributed by atoms with van der Waals surface area (Å²) in [6, 6.07) is 17.5. The molecule has 0 spiro atoms. The number of rotatable bonds is 4. The normalized spacial score (nSPS) is 15.8. The van der Waals surface area contributed by atoms with E-state index in [2.05, 4.69) is 29.2 Å². The van der Waals surface area contributed by atoms with Gasteiger partial charge >= 0.3 is 0 Å². The molecule has 0 aliphatic carbocycles. The molecule has 1 heterocycles. The average Bonchev–Trinajstić information content (AvgIpc) is 2.63. The van der Waals surface area contributed by atoms with Gasteiger partial charge in [0.1, 0.15) is 0 Å². The molecule has 3 rings (SSSR count). The van der Waals surface area contributed by atoms with E-state index in [1.165, 1.54) is 5.56 Å². The van der Waals surface area contributed by atoms with Crippen LogP contribution in [0.5, 0.6) is 0 Å². The van der Waals surface area contributed by atoms with E-state index >= 15 is 0 Å². The Kier molecular flexibility index (Phi) is 5.68. The summed E-state index contributed by atoms with van der Waals surface area (Å²) in [4.78, 5) is 16.8. The van der Waals surface area contributed by atoms with Crippen LogP contribution in [-0.2, 0) is 0 Å². The molecule has 0 saturated carbocycles. The highest BCUT2D eigenvalue weighted by Crippen LogP contribution is 2.18. The first-order valence-corrected chi connectivity index (χ1v) is 8.59. The highest BCUT2D eigenvalue weighted by molar-refractivity contribution is 6.33. The molecule has 1 fully saturated rings. The van der Waals surface area contributed by atoms with Gasteiger partial charge in [0.25, 0.3) is 5.91 Å². The van der Waals surface area contributed by atoms with Crippen LogP contribution >= 0.6 is 11.6 Å². The minimum atomic E-state index is 0.0278. The number of benzene rings is 2. The van der Waals surface area contributed by atoms with Gasteiger partial charge in [-0.2, -0.15) is 0 Å². The Morgan fingerprint density at radius 2 is 1.62 bits per heavy atom. The second kappa shape index (κ2) is 8.13. The van der Waals surface area contributed by atoms with E-state index in [1.807, 2.05) is 35.2 Å².